The Bertz CT molecular complexity index is 1210. The van der Waals surface area contributed by atoms with Crippen molar-refractivity contribution in [1.82, 2.24) is 15.3 Å². The summed E-state index contributed by atoms with van der Waals surface area (Å²) in [4.78, 5) is 23.6. The van der Waals surface area contributed by atoms with Crippen LogP contribution in [0.2, 0.25) is 0 Å². The van der Waals surface area contributed by atoms with Crippen molar-refractivity contribution in [2.24, 2.45) is 5.92 Å². The van der Waals surface area contributed by atoms with Crippen LogP contribution in [0.1, 0.15) is 43.9 Å². The van der Waals surface area contributed by atoms with Crippen LogP contribution in [0.3, 0.4) is 0 Å². The molecule has 0 aliphatic carbocycles. The van der Waals surface area contributed by atoms with Crippen molar-refractivity contribution in [2.45, 2.75) is 39.7 Å². The van der Waals surface area contributed by atoms with E-state index in [1.54, 1.807) is 13.1 Å². The fourth-order valence-electron chi connectivity index (χ4n) is 4.23. The van der Waals surface area contributed by atoms with Gasteiger partial charge in [-0.05, 0) is 76.0 Å². The maximum Gasteiger partial charge on any atom is 0.227 e. The van der Waals surface area contributed by atoms with Crippen LogP contribution in [-0.2, 0) is 4.79 Å². The number of aryl methyl sites for hydroxylation is 1. The lowest BCUT2D eigenvalue weighted by molar-refractivity contribution is -0.120. The van der Waals surface area contributed by atoms with E-state index in [2.05, 4.69) is 52.0 Å². The van der Waals surface area contributed by atoms with Gasteiger partial charge in [0.1, 0.15) is 5.82 Å². The molecule has 1 fully saturated rings. The van der Waals surface area contributed by atoms with Crippen LogP contribution in [-0.4, -0.2) is 29.0 Å². The molecular formula is C28H32N6O. The molecule has 7 nitrogen and oxygen atoms in total. The van der Waals surface area contributed by atoms with Crippen LogP contribution in [0, 0.1) is 24.8 Å². The van der Waals surface area contributed by atoms with Crippen molar-refractivity contribution >= 4 is 29.0 Å². The molecule has 0 unspecified atom stereocenters. The van der Waals surface area contributed by atoms with Gasteiger partial charge in [-0.3, -0.25) is 9.69 Å². The summed E-state index contributed by atoms with van der Waals surface area (Å²) in [5.74, 6) is 4.34. The number of nitrogens with one attached hydrogen (secondary N) is 3. The van der Waals surface area contributed by atoms with Crippen LogP contribution >= 0.6 is 0 Å². The van der Waals surface area contributed by atoms with Crippen molar-refractivity contribution in [3.8, 4) is 12.0 Å². The average molecular weight is 469 g/mol. The number of piperidine rings is 1. The fourth-order valence-corrected chi connectivity index (χ4v) is 4.23. The predicted octanol–water partition coefficient (Wildman–Crippen LogP) is 5.02. The average Bonchev–Trinajstić information content (AvgIpc) is 2.89. The highest BCUT2D eigenvalue weighted by Gasteiger charge is 2.21. The molecule has 2 heterocycles. The molecule has 1 aliphatic rings. The topological polar surface area (TPSA) is 82.2 Å². The lowest BCUT2D eigenvalue weighted by Crippen LogP contribution is -2.34. The number of anilines is 4. The summed E-state index contributed by atoms with van der Waals surface area (Å²) in [6, 6.07) is 21.1. The van der Waals surface area contributed by atoms with Gasteiger partial charge in [-0.25, -0.2) is 4.98 Å². The van der Waals surface area contributed by atoms with Gasteiger partial charge in [0.2, 0.25) is 11.9 Å². The monoisotopic (exact) mass is 468 g/mol. The quantitative estimate of drug-likeness (QED) is 0.334. The first-order chi connectivity index (χ1) is 17.0. The molecule has 3 N–H and O–H groups in total. The first kappa shape index (κ1) is 24.2. The third kappa shape index (κ3) is 6.17. The van der Waals surface area contributed by atoms with Crippen LogP contribution in [0.5, 0.6) is 0 Å². The lowest BCUT2D eigenvalue weighted by atomic mass is 9.97. The van der Waals surface area contributed by atoms with E-state index in [0.717, 1.165) is 48.4 Å². The van der Waals surface area contributed by atoms with E-state index in [1.807, 2.05) is 54.3 Å². The Hall–Kier alpha value is -3.89. The Balaban J connectivity index is 1.52. The molecule has 0 bridgehead atoms. The Morgan fingerprint density at radius 2 is 1.91 bits per heavy atom. The van der Waals surface area contributed by atoms with Crippen molar-refractivity contribution in [3.63, 3.8) is 0 Å². The van der Waals surface area contributed by atoms with Gasteiger partial charge in [-0.1, -0.05) is 36.3 Å². The third-order valence-corrected chi connectivity index (χ3v) is 6.15. The highest BCUT2D eigenvalue weighted by molar-refractivity contribution is 5.93. The number of carbonyl (C=O) groups is 1. The van der Waals surface area contributed by atoms with Gasteiger partial charge in [0.05, 0.1) is 11.7 Å². The molecule has 2 aromatic carbocycles. The molecule has 1 amide bonds. The Morgan fingerprint density at radius 1 is 1.14 bits per heavy atom. The third-order valence-electron chi connectivity index (χ3n) is 6.15. The minimum atomic E-state index is 0.0572. The second-order valence-electron chi connectivity index (χ2n) is 8.73. The van der Waals surface area contributed by atoms with Gasteiger partial charge >= 0.3 is 0 Å². The molecule has 7 heteroatoms. The number of benzene rings is 2. The van der Waals surface area contributed by atoms with Crippen LogP contribution in [0.25, 0.3) is 0 Å². The van der Waals surface area contributed by atoms with E-state index in [0.29, 0.717) is 11.8 Å². The number of aromatic nitrogens is 2. The highest BCUT2D eigenvalue weighted by Crippen LogP contribution is 2.30. The molecule has 35 heavy (non-hydrogen) atoms. The van der Waals surface area contributed by atoms with Gasteiger partial charge in [0.15, 0.2) is 0 Å². The van der Waals surface area contributed by atoms with Crippen molar-refractivity contribution in [3.05, 3.63) is 71.9 Å². The molecule has 1 aromatic heterocycles. The fraction of sp³-hybridized carbons (Fsp3) is 0.321. The van der Waals surface area contributed by atoms with Crippen molar-refractivity contribution in [1.29, 1.82) is 0 Å². The minimum absolute atomic E-state index is 0.0572. The van der Waals surface area contributed by atoms with E-state index >= 15 is 0 Å². The maximum atomic E-state index is 12.7. The maximum absolute atomic E-state index is 12.7. The molecule has 1 aliphatic heterocycles. The smallest absolute Gasteiger partial charge is 0.227 e. The minimum Gasteiger partial charge on any atom is -0.348 e. The van der Waals surface area contributed by atoms with Gasteiger partial charge in [-0.2, -0.15) is 4.98 Å². The van der Waals surface area contributed by atoms with Crippen LogP contribution < -0.4 is 20.9 Å². The zero-order valence-corrected chi connectivity index (χ0v) is 20.5. The number of carbonyl (C=O) groups excluding carboxylic acids is 1. The molecule has 1 atom stereocenters. The summed E-state index contributed by atoms with van der Waals surface area (Å²) in [7, 11) is 0. The van der Waals surface area contributed by atoms with Gasteiger partial charge in [0.25, 0.3) is 0 Å². The first-order valence-corrected chi connectivity index (χ1v) is 12.0. The van der Waals surface area contributed by atoms with E-state index in [4.69, 9.17) is 4.98 Å². The summed E-state index contributed by atoms with van der Waals surface area (Å²) in [6.07, 6.45) is 3.47. The van der Waals surface area contributed by atoms with Crippen molar-refractivity contribution < 1.29 is 4.79 Å². The Kier molecular flexibility index (Phi) is 7.96. The summed E-state index contributed by atoms with van der Waals surface area (Å²) < 4.78 is 0. The molecule has 3 aromatic rings. The van der Waals surface area contributed by atoms with Crippen LogP contribution in [0.4, 0.5) is 23.1 Å². The second-order valence-corrected chi connectivity index (χ2v) is 8.73. The standard InChI is InChI=1S/C28H32N6O/c1-4-18-34(26-14-17-30-28(33-26)31-21(3)22-8-6-5-7-9-22)25-11-10-24(19-20(25)2)32-27(35)23-12-15-29-16-13-23/h5-11,14,17,19,21,23,29H,12-13,15-16H2,1-3H3,(H,32,35)(H,30,31,33)/t21-/m0/s1. The largest absolute Gasteiger partial charge is 0.348 e. The van der Waals surface area contributed by atoms with Crippen LogP contribution in [0.15, 0.2) is 60.8 Å². The summed E-state index contributed by atoms with van der Waals surface area (Å²) in [5, 5.41) is 9.75. The summed E-state index contributed by atoms with van der Waals surface area (Å²) in [5.41, 5.74) is 3.84. The van der Waals surface area contributed by atoms with Crippen molar-refractivity contribution in [2.75, 3.05) is 28.6 Å². The van der Waals surface area contributed by atoms with E-state index in [-0.39, 0.29) is 17.9 Å². The van der Waals surface area contributed by atoms with Gasteiger partial charge in [0, 0.05) is 29.9 Å². The first-order valence-electron chi connectivity index (χ1n) is 12.0. The number of hydrogen-bond acceptors (Lipinski definition) is 6. The predicted molar refractivity (Wildman–Crippen MR) is 142 cm³/mol. The van der Waals surface area contributed by atoms with Gasteiger partial charge in [-0.15, -0.1) is 0 Å². The number of hydrogen-bond donors (Lipinski definition) is 3. The highest BCUT2D eigenvalue weighted by atomic mass is 16.1. The lowest BCUT2D eigenvalue weighted by Gasteiger charge is -2.23. The van der Waals surface area contributed by atoms with E-state index < -0.39 is 0 Å². The summed E-state index contributed by atoms with van der Waals surface area (Å²) >= 11 is 0. The zero-order chi connectivity index (χ0) is 24.6. The number of nitrogens with zero attached hydrogens (tertiary/aromatic N) is 3. The Morgan fingerprint density at radius 3 is 2.63 bits per heavy atom. The molecular weight excluding hydrogens is 436 g/mol. The zero-order valence-electron chi connectivity index (χ0n) is 20.5. The molecule has 1 saturated heterocycles. The number of rotatable bonds is 7. The normalized spacial score (nSPS) is 14.4. The van der Waals surface area contributed by atoms with Gasteiger partial charge < -0.3 is 16.0 Å². The second kappa shape index (κ2) is 11.5. The van der Waals surface area contributed by atoms with E-state index in [9.17, 15) is 4.79 Å². The molecule has 4 rings (SSSR count). The molecule has 0 spiro atoms. The SMILES string of the molecule is CC#CN(c1ccnc(N[C@@H](C)c2ccccc2)n1)c1ccc(NC(=O)C2CCNCC2)cc1C. The molecule has 0 saturated carbocycles. The molecule has 0 radical (unpaired) electrons. The Labute approximate surface area is 207 Å². The molecule has 180 valence electrons. The van der Waals surface area contributed by atoms with E-state index in [1.165, 1.54) is 0 Å². The number of amides is 1. The summed E-state index contributed by atoms with van der Waals surface area (Å²) in [6.45, 7) is 7.67.